The normalized spacial score (nSPS) is 20.1. The highest BCUT2D eigenvalue weighted by atomic mass is 16.2. The highest BCUT2D eigenvalue weighted by molar-refractivity contribution is 6.09. The van der Waals surface area contributed by atoms with Crippen molar-refractivity contribution in [3.05, 3.63) is 59.2 Å². The average molecular weight is 491 g/mol. The van der Waals surface area contributed by atoms with Gasteiger partial charge in [0.05, 0.1) is 12.1 Å². The summed E-state index contributed by atoms with van der Waals surface area (Å²) in [6.45, 7) is 8.27. The van der Waals surface area contributed by atoms with E-state index >= 15 is 0 Å². The molecule has 2 atom stereocenters. The lowest BCUT2D eigenvalue weighted by molar-refractivity contribution is -0.135. The van der Waals surface area contributed by atoms with Crippen molar-refractivity contribution in [2.24, 2.45) is 17.6 Å². The summed E-state index contributed by atoms with van der Waals surface area (Å²) >= 11 is 0. The number of carbonyl (C=O) groups is 3. The summed E-state index contributed by atoms with van der Waals surface area (Å²) in [5, 5.41) is 3.08. The third kappa shape index (κ3) is 5.11. The van der Waals surface area contributed by atoms with Crippen molar-refractivity contribution in [1.29, 1.82) is 0 Å². The lowest BCUT2D eigenvalue weighted by Crippen LogP contribution is -2.66. The molecule has 2 aromatic carbocycles. The second-order valence-electron chi connectivity index (χ2n) is 10.9. The second kappa shape index (κ2) is 10.3. The predicted molar refractivity (Wildman–Crippen MR) is 143 cm³/mol. The molecule has 0 saturated carbocycles. The van der Waals surface area contributed by atoms with Crippen LogP contribution in [0.4, 0.5) is 11.4 Å². The van der Waals surface area contributed by atoms with Crippen LogP contribution in [0.25, 0.3) is 0 Å². The fourth-order valence-electron chi connectivity index (χ4n) is 5.46. The lowest BCUT2D eigenvalue weighted by Gasteiger charge is -2.42. The SMILES string of the molecule is CC(C)C[C@@H]1C(=O)N[C@H](C2Cc3ccccc3C2)C(=O)N1c1cc(N(C)C(C)C)ccc1CC(N)=O. The molecule has 0 bridgehead atoms. The van der Waals surface area contributed by atoms with E-state index in [-0.39, 0.29) is 36.1 Å². The predicted octanol–water partition coefficient (Wildman–Crippen LogP) is 3.22. The number of hydrogen-bond donors (Lipinski definition) is 2. The molecule has 1 saturated heterocycles. The van der Waals surface area contributed by atoms with Gasteiger partial charge in [0.2, 0.25) is 11.8 Å². The van der Waals surface area contributed by atoms with Crippen molar-refractivity contribution in [2.75, 3.05) is 16.8 Å². The molecule has 1 fully saturated rings. The first-order valence-corrected chi connectivity index (χ1v) is 12.9. The van der Waals surface area contributed by atoms with E-state index in [9.17, 15) is 14.4 Å². The molecule has 7 heteroatoms. The van der Waals surface area contributed by atoms with Crippen LogP contribution < -0.4 is 20.9 Å². The zero-order chi connectivity index (χ0) is 26.1. The van der Waals surface area contributed by atoms with Gasteiger partial charge < -0.3 is 16.0 Å². The van der Waals surface area contributed by atoms with Crippen molar-refractivity contribution >= 4 is 29.1 Å². The van der Waals surface area contributed by atoms with E-state index in [2.05, 4.69) is 36.2 Å². The molecule has 7 nitrogen and oxygen atoms in total. The van der Waals surface area contributed by atoms with Gasteiger partial charge >= 0.3 is 0 Å². The van der Waals surface area contributed by atoms with Gasteiger partial charge in [-0.3, -0.25) is 19.3 Å². The van der Waals surface area contributed by atoms with Crippen LogP contribution in [-0.4, -0.2) is 42.9 Å². The smallest absolute Gasteiger partial charge is 0.250 e. The van der Waals surface area contributed by atoms with Crippen LogP contribution >= 0.6 is 0 Å². The quantitative estimate of drug-likeness (QED) is 0.594. The summed E-state index contributed by atoms with van der Waals surface area (Å²) in [5.74, 6) is -0.546. The maximum atomic E-state index is 14.2. The molecule has 0 aromatic heterocycles. The van der Waals surface area contributed by atoms with E-state index in [4.69, 9.17) is 5.73 Å². The molecule has 1 heterocycles. The number of rotatable bonds is 8. The minimum absolute atomic E-state index is 0.000338. The van der Waals surface area contributed by atoms with Crippen LogP contribution in [-0.2, 0) is 33.6 Å². The van der Waals surface area contributed by atoms with Gasteiger partial charge in [0, 0.05) is 18.8 Å². The Balaban J connectivity index is 1.78. The number of piperazine rings is 1. The van der Waals surface area contributed by atoms with E-state index in [1.807, 2.05) is 51.2 Å². The first kappa shape index (κ1) is 25.7. The average Bonchev–Trinajstić information content (AvgIpc) is 3.25. The van der Waals surface area contributed by atoms with Crippen molar-refractivity contribution < 1.29 is 14.4 Å². The molecule has 0 radical (unpaired) electrons. The summed E-state index contributed by atoms with van der Waals surface area (Å²) in [6, 6.07) is 12.9. The molecule has 3 N–H and O–H groups in total. The van der Waals surface area contributed by atoms with Crippen LogP contribution in [0.1, 0.15) is 50.8 Å². The number of amides is 3. The summed E-state index contributed by atoms with van der Waals surface area (Å²) in [5.41, 5.74) is 10.2. The van der Waals surface area contributed by atoms with Crippen molar-refractivity contribution in [1.82, 2.24) is 5.32 Å². The van der Waals surface area contributed by atoms with E-state index in [0.29, 0.717) is 17.7 Å². The van der Waals surface area contributed by atoms with Crippen molar-refractivity contribution in [3.63, 3.8) is 0 Å². The third-order valence-corrected chi connectivity index (χ3v) is 7.54. The van der Waals surface area contributed by atoms with Gasteiger partial charge in [-0.25, -0.2) is 0 Å². The fraction of sp³-hybridized carbons (Fsp3) is 0.483. The first-order chi connectivity index (χ1) is 17.1. The molecule has 4 rings (SSSR count). The first-order valence-electron chi connectivity index (χ1n) is 12.9. The molecule has 2 aromatic rings. The largest absolute Gasteiger partial charge is 0.372 e. The highest BCUT2D eigenvalue weighted by Gasteiger charge is 2.46. The Morgan fingerprint density at radius 2 is 1.72 bits per heavy atom. The number of nitrogens with one attached hydrogen (secondary N) is 1. The Kier molecular flexibility index (Phi) is 7.38. The number of primary amides is 1. The minimum atomic E-state index is -0.649. The fourth-order valence-corrected chi connectivity index (χ4v) is 5.46. The molecule has 2 aliphatic rings. The van der Waals surface area contributed by atoms with Gasteiger partial charge in [0.25, 0.3) is 5.91 Å². The van der Waals surface area contributed by atoms with Gasteiger partial charge in [0.15, 0.2) is 0 Å². The Morgan fingerprint density at radius 3 is 2.28 bits per heavy atom. The topological polar surface area (TPSA) is 95.7 Å². The Morgan fingerprint density at radius 1 is 1.08 bits per heavy atom. The maximum absolute atomic E-state index is 14.2. The Labute approximate surface area is 214 Å². The third-order valence-electron chi connectivity index (χ3n) is 7.54. The maximum Gasteiger partial charge on any atom is 0.250 e. The number of carbonyl (C=O) groups excluding carboxylic acids is 3. The standard InChI is InChI=1S/C29H38N4O3/c1-17(2)12-25-28(35)31-27(22-13-19-8-6-7-9-20(19)14-22)29(36)33(25)24-16-23(32(5)18(3)4)11-10-21(24)15-26(30)34/h6-11,16-18,22,25,27H,12-15H2,1-5H3,(H2,30,34)(H,31,35)/t25-,27-/m1/s1. The molecule has 0 unspecified atom stereocenters. The zero-order valence-electron chi connectivity index (χ0n) is 22.0. The zero-order valence-corrected chi connectivity index (χ0v) is 22.0. The van der Waals surface area contributed by atoms with Crippen molar-refractivity contribution in [2.45, 2.75) is 71.5 Å². The second-order valence-corrected chi connectivity index (χ2v) is 10.9. The van der Waals surface area contributed by atoms with Gasteiger partial charge in [-0.05, 0) is 73.8 Å². The molecule has 3 amide bonds. The van der Waals surface area contributed by atoms with Crippen LogP contribution in [0.15, 0.2) is 42.5 Å². The van der Waals surface area contributed by atoms with Crippen molar-refractivity contribution in [3.8, 4) is 0 Å². The van der Waals surface area contributed by atoms with Gasteiger partial charge in [-0.15, -0.1) is 0 Å². The Bertz CT molecular complexity index is 1130. The number of fused-ring (bicyclic) bond motifs is 1. The molecule has 192 valence electrons. The molecule has 36 heavy (non-hydrogen) atoms. The number of anilines is 2. The minimum Gasteiger partial charge on any atom is -0.372 e. The molecular weight excluding hydrogens is 452 g/mol. The number of hydrogen-bond acceptors (Lipinski definition) is 4. The van der Waals surface area contributed by atoms with Crippen LogP contribution in [0.2, 0.25) is 0 Å². The molecule has 0 spiro atoms. The monoisotopic (exact) mass is 490 g/mol. The molecular formula is C29H38N4O3. The van der Waals surface area contributed by atoms with E-state index < -0.39 is 18.0 Å². The molecule has 1 aliphatic carbocycles. The lowest BCUT2D eigenvalue weighted by atomic mass is 9.89. The van der Waals surface area contributed by atoms with Crippen LogP contribution in [0.3, 0.4) is 0 Å². The van der Waals surface area contributed by atoms with Gasteiger partial charge in [-0.1, -0.05) is 44.2 Å². The van der Waals surface area contributed by atoms with Gasteiger partial charge in [0.1, 0.15) is 12.1 Å². The Hall–Kier alpha value is -3.35. The van der Waals surface area contributed by atoms with Gasteiger partial charge in [-0.2, -0.15) is 0 Å². The highest BCUT2D eigenvalue weighted by Crippen LogP contribution is 2.36. The summed E-state index contributed by atoms with van der Waals surface area (Å²) < 4.78 is 0. The van der Waals surface area contributed by atoms with Crippen LogP contribution in [0.5, 0.6) is 0 Å². The summed E-state index contributed by atoms with van der Waals surface area (Å²) in [6.07, 6.45) is 2.02. The summed E-state index contributed by atoms with van der Waals surface area (Å²) in [4.78, 5) is 43.5. The van der Waals surface area contributed by atoms with E-state index in [1.54, 1.807) is 4.90 Å². The molecule has 1 aliphatic heterocycles. The number of nitrogens with two attached hydrogens (primary N) is 1. The summed E-state index contributed by atoms with van der Waals surface area (Å²) in [7, 11) is 1.99. The van der Waals surface area contributed by atoms with E-state index in [1.165, 1.54) is 11.1 Å². The number of nitrogens with zero attached hydrogens (tertiary/aromatic N) is 2. The number of benzene rings is 2. The van der Waals surface area contributed by atoms with E-state index in [0.717, 1.165) is 18.5 Å². The van der Waals surface area contributed by atoms with Crippen LogP contribution in [0, 0.1) is 11.8 Å².